The molecular formula is C10H13NO4S2. The van der Waals surface area contributed by atoms with Crippen LogP contribution in [0.1, 0.15) is 16.7 Å². The van der Waals surface area contributed by atoms with Gasteiger partial charge in [-0.15, -0.1) is 0 Å². The van der Waals surface area contributed by atoms with Crippen LogP contribution in [-0.2, 0) is 21.6 Å². The van der Waals surface area contributed by atoms with Gasteiger partial charge in [0.15, 0.2) is 0 Å². The summed E-state index contributed by atoms with van der Waals surface area (Å²) >= 11 is 0.964. The van der Waals surface area contributed by atoms with E-state index in [1.54, 1.807) is 13.0 Å². The Morgan fingerprint density at radius 3 is 2.65 bits per heavy atom. The summed E-state index contributed by atoms with van der Waals surface area (Å²) in [5.41, 5.74) is 1.48. The maximum absolute atomic E-state index is 11.4. The van der Waals surface area contributed by atoms with Gasteiger partial charge in [0.2, 0.25) is 15.1 Å². The zero-order valence-electron chi connectivity index (χ0n) is 9.17. The molecule has 0 bridgehead atoms. The van der Waals surface area contributed by atoms with Crippen molar-refractivity contribution in [3.63, 3.8) is 0 Å². The van der Waals surface area contributed by atoms with Crippen LogP contribution in [0.25, 0.3) is 0 Å². The summed E-state index contributed by atoms with van der Waals surface area (Å²) in [6, 6.07) is 2.90. The number of nitrogens with two attached hydrogens (primary N) is 1. The quantitative estimate of drug-likeness (QED) is 0.628. The number of thioether (sulfide) groups is 1. The Bertz CT molecular complexity index is 566. The van der Waals surface area contributed by atoms with Crippen molar-refractivity contribution in [2.75, 3.05) is 5.75 Å². The SMILES string of the molecule is Cc1cc2c(cc1S(N)(=O)=O)C(O)(O)SCC2. The molecule has 0 radical (unpaired) electrons. The van der Waals surface area contributed by atoms with Crippen LogP contribution in [-0.4, -0.2) is 24.4 Å². The molecule has 1 aliphatic heterocycles. The fraction of sp³-hybridized carbons (Fsp3) is 0.400. The lowest BCUT2D eigenvalue weighted by Crippen LogP contribution is -2.28. The molecule has 0 saturated heterocycles. The highest BCUT2D eigenvalue weighted by atomic mass is 32.2. The zero-order valence-corrected chi connectivity index (χ0v) is 10.8. The first-order valence-corrected chi connectivity index (χ1v) is 7.50. The van der Waals surface area contributed by atoms with Gasteiger partial charge in [-0.25, -0.2) is 13.6 Å². The van der Waals surface area contributed by atoms with Crippen LogP contribution in [0.15, 0.2) is 17.0 Å². The van der Waals surface area contributed by atoms with Gasteiger partial charge < -0.3 is 10.2 Å². The molecule has 1 aromatic rings. The van der Waals surface area contributed by atoms with E-state index in [9.17, 15) is 18.6 Å². The molecule has 0 amide bonds. The fourth-order valence-electron chi connectivity index (χ4n) is 1.95. The van der Waals surface area contributed by atoms with Crippen LogP contribution in [0.3, 0.4) is 0 Å². The van der Waals surface area contributed by atoms with E-state index in [2.05, 4.69) is 0 Å². The smallest absolute Gasteiger partial charge is 0.241 e. The lowest BCUT2D eigenvalue weighted by Gasteiger charge is -2.29. The van der Waals surface area contributed by atoms with E-state index in [0.29, 0.717) is 17.7 Å². The van der Waals surface area contributed by atoms with Gasteiger partial charge in [-0.2, -0.15) is 0 Å². The Hall–Kier alpha value is -0.600. The van der Waals surface area contributed by atoms with Crippen molar-refractivity contribution in [3.8, 4) is 0 Å². The molecular weight excluding hydrogens is 262 g/mol. The molecule has 0 fully saturated rings. The monoisotopic (exact) mass is 275 g/mol. The van der Waals surface area contributed by atoms with Gasteiger partial charge in [0, 0.05) is 11.3 Å². The molecule has 2 rings (SSSR count). The number of rotatable bonds is 1. The minimum atomic E-state index is -3.85. The maximum Gasteiger partial charge on any atom is 0.241 e. The van der Waals surface area contributed by atoms with E-state index in [1.807, 2.05) is 0 Å². The predicted octanol–water partition coefficient (Wildman–Crippen LogP) is 0.0266. The van der Waals surface area contributed by atoms with Crippen LogP contribution in [0.5, 0.6) is 0 Å². The summed E-state index contributed by atoms with van der Waals surface area (Å²) in [7, 11) is -3.85. The third-order valence-electron chi connectivity index (χ3n) is 2.73. The predicted molar refractivity (Wildman–Crippen MR) is 64.8 cm³/mol. The van der Waals surface area contributed by atoms with Crippen LogP contribution in [0.2, 0.25) is 0 Å². The average molecular weight is 275 g/mol. The van der Waals surface area contributed by atoms with Gasteiger partial charge in [-0.3, -0.25) is 0 Å². The van der Waals surface area contributed by atoms with Crippen molar-refractivity contribution in [2.45, 2.75) is 23.4 Å². The summed E-state index contributed by atoms with van der Waals surface area (Å²) < 4.78 is 22.7. The van der Waals surface area contributed by atoms with E-state index in [4.69, 9.17) is 5.14 Å². The lowest BCUT2D eigenvalue weighted by molar-refractivity contribution is -0.0834. The Labute approximate surface area is 104 Å². The van der Waals surface area contributed by atoms with E-state index < -0.39 is 15.1 Å². The molecule has 94 valence electrons. The van der Waals surface area contributed by atoms with Crippen LogP contribution in [0.4, 0.5) is 0 Å². The van der Waals surface area contributed by atoms with Gasteiger partial charge in [0.05, 0.1) is 4.90 Å². The van der Waals surface area contributed by atoms with E-state index in [-0.39, 0.29) is 10.5 Å². The molecule has 7 heteroatoms. The van der Waals surface area contributed by atoms with Gasteiger partial charge >= 0.3 is 0 Å². The van der Waals surface area contributed by atoms with Gasteiger partial charge in [0.1, 0.15) is 0 Å². The lowest BCUT2D eigenvalue weighted by atomic mass is 10.0. The Morgan fingerprint density at radius 2 is 2.06 bits per heavy atom. The second-order valence-corrected chi connectivity index (χ2v) is 6.82. The molecule has 0 aromatic heterocycles. The fourth-order valence-corrected chi connectivity index (χ4v) is 3.69. The van der Waals surface area contributed by atoms with Gasteiger partial charge in [0.25, 0.3) is 0 Å². The topological polar surface area (TPSA) is 101 Å². The van der Waals surface area contributed by atoms with Crippen molar-refractivity contribution in [1.29, 1.82) is 0 Å². The van der Waals surface area contributed by atoms with Crippen molar-refractivity contribution < 1.29 is 18.6 Å². The average Bonchev–Trinajstić information content (AvgIpc) is 2.13. The molecule has 0 saturated carbocycles. The second-order valence-electron chi connectivity index (χ2n) is 4.03. The first-order chi connectivity index (χ1) is 7.72. The number of aliphatic hydroxyl groups is 2. The van der Waals surface area contributed by atoms with Crippen LogP contribution in [0, 0.1) is 6.92 Å². The molecule has 4 N–H and O–H groups in total. The largest absolute Gasteiger partial charge is 0.354 e. The molecule has 0 spiro atoms. The molecule has 0 atom stereocenters. The van der Waals surface area contributed by atoms with Crippen LogP contribution < -0.4 is 5.14 Å². The number of hydrogen-bond donors (Lipinski definition) is 3. The van der Waals surface area contributed by atoms with Crippen molar-refractivity contribution in [3.05, 3.63) is 28.8 Å². The highest BCUT2D eigenvalue weighted by Gasteiger charge is 2.34. The van der Waals surface area contributed by atoms with Gasteiger partial charge in [-0.1, -0.05) is 17.8 Å². The standard InChI is InChI=1S/C10H13NO4S2/c1-6-4-7-2-3-16-10(12,13)8(7)5-9(6)17(11,14)15/h4-5,12-13H,2-3H2,1H3,(H2,11,14,15). The molecule has 1 heterocycles. The van der Waals surface area contributed by atoms with Crippen molar-refractivity contribution in [2.24, 2.45) is 5.14 Å². The van der Waals surface area contributed by atoms with E-state index >= 15 is 0 Å². The molecule has 0 unspecified atom stereocenters. The summed E-state index contributed by atoms with van der Waals surface area (Å²) in [5.74, 6) is 0.578. The highest BCUT2D eigenvalue weighted by molar-refractivity contribution is 7.99. The summed E-state index contributed by atoms with van der Waals surface area (Å²) in [4.78, 5) is -0.0637. The summed E-state index contributed by atoms with van der Waals surface area (Å²) in [6.07, 6.45) is 0.675. The Morgan fingerprint density at radius 1 is 1.41 bits per heavy atom. The summed E-state index contributed by atoms with van der Waals surface area (Å²) in [6.45, 7) is 1.64. The van der Waals surface area contributed by atoms with Crippen molar-refractivity contribution in [1.82, 2.24) is 0 Å². The highest BCUT2D eigenvalue weighted by Crippen LogP contribution is 2.39. The number of primary sulfonamides is 1. The Kier molecular flexibility index (Phi) is 2.99. The summed E-state index contributed by atoms with van der Waals surface area (Å²) in [5, 5.41) is 22.6. The third kappa shape index (κ3) is 2.34. The first-order valence-electron chi connectivity index (χ1n) is 4.97. The van der Waals surface area contributed by atoms with Gasteiger partial charge in [-0.05, 0) is 30.5 Å². The zero-order chi connectivity index (χ0) is 12.8. The molecule has 17 heavy (non-hydrogen) atoms. The van der Waals surface area contributed by atoms with E-state index in [1.165, 1.54) is 6.07 Å². The number of benzene rings is 1. The third-order valence-corrected chi connectivity index (χ3v) is 4.82. The first kappa shape index (κ1) is 12.8. The maximum atomic E-state index is 11.4. The van der Waals surface area contributed by atoms with Crippen LogP contribution >= 0.6 is 11.8 Å². The number of sulfonamides is 1. The molecule has 1 aliphatic rings. The molecule has 0 aliphatic carbocycles. The normalized spacial score (nSPS) is 18.8. The van der Waals surface area contributed by atoms with Crippen molar-refractivity contribution >= 4 is 21.8 Å². The minimum Gasteiger partial charge on any atom is -0.354 e. The molecule has 5 nitrogen and oxygen atoms in total. The molecule has 1 aromatic carbocycles. The minimum absolute atomic E-state index is 0.0637. The number of hydrogen-bond acceptors (Lipinski definition) is 5. The number of fused-ring (bicyclic) bond motifs is 1. The number of aryl methyl sites for hydroxylation is 2. The second kappa shape index (κ2) is 3.96. The van der Waals surface area contributed by atoms with E-state index in [0.717, 1.165) is 17.3 Å². The Balaban J connectivity index is 2.70.